The lowest BCUT2D eigenvalue weighted by atomic mass is 10.1. The van der Waals surface area contributed by atoms with E-state index in [2.05, 4.69) is 4.90 Å². The average molecular weight is 267 g/mol. The highest BCUT2D eigenvalue weighted by molar-refractivity contribution is 5.87. The molecule has 1 heterocycles. The van der Waals surface area contributed by atoms with Crippen LogP contribution in [0.15, 0.2) is 18.2 Å². The van der Waals surface area contributed by atoms with E-state index in [1.54, 1.807) is 7.11 Å². The van der Waals surface area contributed by atoms with Crippen LogP contribution in [0.5, 0.6) is 0 Å². The Balaban J connectivity index is 2.03. The number of nitrogens with zero attached hydrogens (tertiary/aromatic N) is 1. The molecule has 104 valence electrons. The number of rotatable bonds is 5. The summed E-state index contributed by atoms with van der Waals surface area (Å²) in [5.41, 5.74) is 0.571. The molecule has 0 saturated carbocycles. The Morgan fingerprint density at radius 2 is 2.37 bits per heavy atom. The number of methoxy groups -OCH3 is 1. The molecule has 0 radical (unpaired) electrons. The zero-order valence-corrected chi connectivity index (χ0v) is 10.9. The number of ether oxygens (including phenoxy) is 1. The topological polar surface area (TPSA) is 49.8 Å². The molecule has 4 nitrogen and oxygen atoms in total. The molecule has 1 N–H and O–H groups in total. The molecule has 1 aromatic carbocycles. The van der Waals surface area contributed by atoms with E-state index < -0.39 is 5.97 Å². The molecule has 0 bridgehead atoms. The molecule has 2 rings (SSSR count). The average Bonchev–Trinajstić information content (AvgIpc) is 2.80. The van der Waals surface area contributed by atoms with E-state index in [4.69, 9.17) is 9.84 Å². The zero-order valence-electron chi connectivity index (χ0n) is 10.9. The molecule has 1 aliphatic rings. The second kappa shape index (κ2) is 6.12. The number of aromatic carboxylic acids is 1. The van der Waals surface area contributed by atoms with Gasteiger partial charge in [0.2, 0.25) is 0 Å². The fraction of sp³-hybridized carbons (Fsp3) is 0.500. The molecule has 1 aliphatic heterocycles. The third-order valence-corrected chi connectivity index (χ3v) is 3.46. The summed E-state index contributed by atoms with van der Waals surface area (Å²) in [6.07, 6.45) is 1.04. The Morgan fingerprint density at radius 3 is 3.05 bits per heavy atom. The summed E-state index contributed by atoms with van der Waals surface area (Å²) in [5, 5.41) is 8.92. The van der Waals surface area contributed by atoms with Crippen molar-refractivity contribution in [2.24, 2.45) is 5.92 Å². The van der Waals surface area contributed by atoms with Crippen LogP contribution in [0.2, 0.25) is 0 Å². The van der Waals surface area contributed by atoms with Crippen molar-refractivity contribution in [3.8, 4) is 0 Å². The monoisotopic (exact) mass is 267 g/mol. The van der Waals surface area contributed by atoms with Gasteiger partial charge in [-0.3, -0.25) is 4.90 Å². The smallest absolute Gasteiger partial charge is 0.335 e. The lowest BCUT2D eigenvalue weighted by molar-refractivity contribution is 0.0696. The van der Waals surface area contributed by atoms with E-state index in [0.29, 0.717) is 24.6 Å². The van der Waals surface area contributed by atoms with Gasteiger partial charge in [0.05, 0.1) is 12.2 Å². The van der Waals surface area contributed by atoms with Crippen LogP contribution in [0.4, 0.5) is 4.39 Å². The van der Waals surface area contributed by atoms with Gasteiger partial charge in [-0.05, 0) is 37.1 Å². The number of likely N-dealkylation sites (tertiary alicyclic amines) is 1. The molecule has 1 fully saturated rings. The molecule has 1 saturated heterocycles. The number of benzene rings is 1. The molecular weight excluding hydrogens is 249 g/mol. The van der Waals surface area contributed by atoms with Gasteiger partial charge in [-0.15, -0.1) is 0 Å². The fourth-order valence-electron chi connectivity index (χ4n) is 2.50. The predicted octanol–water partition coefficient (Wildman–Crippen LogP) is 1.99. The zero-order chi connectivity index (χ0) is 13.8. The standard InChI is InChI=1S/C14H18FNO3/c1-19-9-10-4-5-16(7-10)8-12-6-11(14(17)18)2-3-13(12)15/h2-3,6,10H,4-5,7-9H2,1H3,(H,17,18). The Bertz CT molecular complexity index is 464. The highest BCUT2D eigenvalue weighted by atomic mass is 19.1. The minimum Gasteiger partial charge on any atom is -0.478 e. The van der Waals surface area contributed by atoms with Crippen molar-refractivity contribution in [2.45, 2.75) is 13.0 Å². The Kier molecular flexibility index (Phi) is 4.50. The van der Waals surface area contributed by atoms with Crippen LogP contribution in [-0.2, 0) is 11.3 Å². The van der Waals surface area contributed by atoms with Crippen LogP contribution in [-0.4, -0.2) is 42.8 Å². The number of halogens is 1. The molecule has 19 heavy (non-hydrogen) atoms. The first kappa shape index (κ1) is 14.0. The van der Waals surface area contributed by atoms with Crippen LogP contribution in [0.1, 0.15) is 22.3 Å². The molecule has 1 aromatic rings. The molecule has 0 amide bonds. The third kappa shape index (κ3) is 3.52. The lowest BCUT2D eigenvalue weighted by Gasteiger charge is -2.16. The minimum atomic E-state index is -1.03. The van der Waals surface area contributed by atoms with Crippen LogP contribution in [0.3, 0.4) is 0 Å². The summed E-state index contributed by atoms with van der Waals surface area (Å²) >= 11 is 0. The maximum atomic E-state index is 13.7. The van der Waals surface area contributed by atoms with Crippen molar-refractivity contribution >= 4 is 5.97 Å². The quantitative estimate of drug-likeness (QED) is 0.886. The molecular formula is C14H18FNO3. The fourth-order valence-corrected chi connectivity index (χ4v) is 2.50. The first-order valence-corrected chi connectivity index (χ1v) is 6.33. The normalized spacial score (nSPS) is 19.8. The number of hydrogen-bond acceptors (Lipinski definition) is 3. The Hall–Kier alpha value is -1.46. The molecule has 1 unspecified atom stereocenters. The van der Waals surface area contributed by atoms with Crippen molar-refractivity contribution in [3.63, 3.8) is 0 Å². The van der Waals surface area contributed by atoms with Crippen LogP contribution >= 0.6 is 0 Å². The second-order valence-electron chi connectivity index (χ2n) is 4.96. The van der Waals surface area contributed by atoms with Gasteiger partial charge >= 0.3 is 5.97 Å². The van der Waals surface area contributed by atoms with Crippen molar-refractivity contribution in [1.29, 1.82) is 0 Å². The van der Waals surface area contributed by atoms with Gasteiger partial charge in [-0.1, -0.05) is 0 Å². The van der Waals surface area contributed by atoms with E-state index in [1.807, 2.05) is 0 Å². The third-order valence-electron chi connectivity index (χ3n) is 3.46. The van der Waals surface area contributed by atoms with E-state index in [9.17, 15) is 9.18 Å². The van der Waals surface area contributed by atoms with Gasteiger partial charge in [0, 0.05) is 25.8 Å². The SMILES string of the molecule is COCC1CCN(Cc2cc(C(=O)O)ccc2F)C1. The summed E-state index contributed by atoms with van der Waals surface area (Å²) in [5.74, 6) is -0.893. The van der Waals surface area contributed by atoms with Gasteiger partial charge < -0.3 is 9.84 Å². The summed E-state index contributed by atoms with van der Waals surface area (Å²) in [4.78, 5) is 13.0. The van der Waals surface area contributed by atoms with Crippen molar-refractivity contribution in [1.82, 2.24) is 4.90 Å². The summed E-state index contributed by atoms with van der Waals surface area (Å²) in [6, 6.07) is 3.93. The van der Waals surface area contributed by atoms with E-state index in [-0.39, 0.29) is 11.4 Å². The number of carboxylic acid groups (broad SMARTS) is 1. The highest BCUT2D eigenvalue weighted by Gasteiger charge is 2.23. The Morgan fingerprint density at radius 1 is 1.58 bits per heavy atom. The lowest BCUT2D eigenvalue weighted by Crippen LogP contribution is -2.22. The molecule has 0 spiro atoms. The maximum Gasteiger partial charge on any atom is 0.335 e. The molecule has 5 heteroatoms. The van der Waals surface area contributed by atoms with E-state index in [1.165, 1.54) is 18.2 Å². The van der Waals surface area contributed by atoms with Crippen molar-refractivity contribution < 1.29 is 19.0 Å². The molecule has 1 atom stereocenters. The minimum absolute atomic E-state index is 0.129. The van der Waals surface area contributed by atoms with Gasteiger partial charge in [0.15, 0.2) is 0 Å². The van der Waals surface area contributed by atoms with Gasteiger partial charge in [0.1, 0.15) is 5.82 Å². The summed E-state index contributed by atoms with van der Waals surface area (Å²) in [6.45, 7) is 2.93. The second-order valence-corrected chi connectivity index (χ2v) is 4.96. The summed E-state index contributed by atoms with van der Waals surface area (Å²) in [7, 11) is 1.68. The van der Waals surface area contributed by atoms with Crippen LogP contribution in [0.25, 0.3) is 0 Å². The van der Waals surface area contributed by atoms with Gasteiger partial charge in [-0.2, -0.15) is 0 Å². The maximum absolute atomic E-state index is 13.7. The van der Waals surface area contributed by atoms with Crippen molar-refractivity contribution in [3.05, 3.63) is 35.1 Å². The first-order valence-electron chi connectivity index (χ1n) is 6.33. The highest BCUT2D eigenvalue weighted by Crippen LogP contribution is 2.20. The number of hydrogen-bond donors (Lipinski definition) is 1. The van der Waals surface area contributed by atoms with Crippen LogP contribution < -0.4 is 0 Å². The molecule has 0 aromatic heterocycles. The molecule has 0 aliphatic carbocycles. The van der Waals surface area contributed by atoms with Crippen molar-refractivity contribution in [2.75, 3.05) is 26.8 Å². The number of carboxylic acids is 1. The van der Waals surface area contributed by atoms with E-state index in [0.717, 1.165) is 19.5 Å². The van der Waals surface area contributed by atoms with E-state index >= 15 is 0 Å². The van der Waals surface area contributed by atoms with Gasteiger partial charge in [-0.25, -0.2) is 9.18 Å². The van der Waals surface area contributed by atoms with Crippen LogP contribution in [0, 0.1) is 11.7 Å². The first-order chi connectivity index (χ1) is 9.10. The predicted molar refractivity (Wildman–Crippen MR) is 68.6 cm³/mol. The largest absolute Gasteiger partial charge is 0.478 e. The number of carbonyl (C=O) groups is 1. The summed E-state index contributed by atoms with van der Waals surface area (Å²) < 4.78 is 18.8. The Labute approximate surface area is 111 Å². The van der Waals surface area contributed by atoms with Gasteiger partial charge in [0.25, 0.3) is 0 Å².